The number of nitrogens with two attached hydrogens (primary N) is 1. The molecule has 88 valence electrons. The van der Waals surface area contributed by atoms with Gasteiger partial charge in [-0.2, -0.15) is 5.10 Å². The van der Waals surface area contributed by atoms with Crippen molar-refractivity contribution in [1.29, 1.82) is 0 Å². The number of hydrogen-bond donors (Lipinski definition) is 2. The van der Waals surface area contributed by atoms with Gasteiger partial charge < -0.3 is 15.7 Å². The van der Waals surface area contributed by atoms with Crippen LogP contribution in [0.4, 0.5) is 5.69 Å². The lowest BCUT2D eigenvalue weighted by Crippen LogP contribution is -2.63. The number of amides is 1. The lowest BCUT2D eigenvalue weighted by Gasteiger charge is -2.46. The van der Waals surface area contributed by atoms with Crippen molar-refractivity contribution in [3.05, 3.63) is 12.4 Å². The van der Waals surface area contributed by atoms with Gasteiger partial charge in [-0.25, -0.2) is 0 Å². The summed E-state index contributed by atoms with van der Waals surface area (Å²) >= 11 is 0. The van der Waals surface area contributed by atoms with Gasteiger partial charge in [0.15, 0.2) is 0 Å². The zero-order valence-corrected chi connectivity index (χ0v) is 9.26. The fourth-order valence-corrected chi connectivity index (χ4v) is 1.77. The first-order valence-electron chi connectivity index (χ1n) is 5.30. The van der Waals surface area contributed by atoms with E-state index in [1.807, 2.05) is 6.92 Å². The second-order valence-electron chi connectivity index (χ2n) is 4.30. The average molecular weight is 224 g/mol. The van der Waals surface area contributed by atoms with E-state index in [9.17, 15) is 9.90 Å². The van der Waals surface area contributed by atoms with Gasteiger partial charge in [-0.05, 0) is 6.42 Å². The number of β-amino-alcohol motifs (C(OH)–C–C–N with tert-alkyl or cyclic N) is 1. The van der Waals surface area contributed by atoms with Crippen molar-refractivity contribution in [2.75, 3.05) is 18.8 Å². The maximum absolute atomic E-state index is 11.7. The molecule has 6 heteroatoms. The first-order chi connectivity index (χ1) is 7.52. The molecule has 0 aliphatic carbocycles. The van der Waals surface area contributed by atoms with Crippen LogP contribution in [-0.4, -0.2) is 44.4 Å². The normalized spacial score (nSPS) is 18.2. The van der Waals surface area contributed by atoms with Gasteiger partial charge in [0.25, 0.3) is 0 Å². The molecule has 16 heavy (non-hydrogen) atoms. The highest BCUT2D eigenvalue weighted by atomic mass is 16.3. The van der Waals surface area contributed by atoms with Crippen molar-refractivity contribution in [2.45, 2.75) is 25.5 Å². The van der Waals surface area contributed by atoms with Gasteiger partial charge >= 0.3 is 0 Å². The Bertz CT molecular complexity index is 395. The van der Waals surface area contributed by atoms with Gasteiger partial charge in [-0.15, -0.1) is 0 Å². The number of carbonyl (C=O) groups excluding carboxylic acids is 1. The van der Waals surface area contributed by atoms with Crippen LogP contribution in [0.1, 0.15) is 13.3 Å². The fourth-order valence-electron chi connectivity index (χ4n) is 1.77. The monoisotopic (exact) mass is 224 g/mol. The lowest BCUT2D eigenvalue weighted by molar-refractivity contribution is -0.156. The zero-order valence-electron chi connectivity index (χ0n) is 9.26. The van der Waals surface area contributed by atoms with Crippen LogP contribution in [0.3, 0.4) is 0 Å². The molecule has 0 spiro atoms. The number of aromatic nitrogens is 2. The number of anilines is 1. The second kappa shape index (κ2) is 3.79. The van der Waals surface area contributed by atoms with Crippen LogP contribution in [0, 0.1) is 0 Å². The first kappa shape index (κ1) is 10.9. The smallest absolute Gasteiger partial charge is 0.244 e. The summed E-state index contributed by atoms with van der Waals surface area (Å²) < 4.78 is 1.50. The molecule has 0 radical (unpaired) electrons. The molecule has 0 bridgehead atoms. The molecule has 1 saturated heterocycles. The van der Waals surface area contributed by atoms with E-state index in [1.54, 1.807) is 11.1 Å². The Hall–Kier alpha value is -1.56. The Kier molecular flexibility index (Phi) is 2.59. The number of carbonyl (C=O) groups is 1. The topological polar surface area (TPSA) is 84.4 Å². The molecule has 2 rings (SSSR count). The Labute approximate surface area is 93.6 Å². The third kappa shape index (κ3) is 2.01. The molecule has 0 aromatic carbocycles. The van der Waals surface area contributed by atoms with Crippen molar-refractivity contribution in [3.63, 3.8) is 0 Å². The standard InChI is InChI=1S/C10H16N4O2/c1-2-10(16)6-13(7-10)9(15)5-14-4-8(11)3-12-14/h3-4,16H,2,5-7,11H2,1H3. The van der Waals surface area contributed by atoms with Crippen LogP contribution >= 0.6 is 0 Å². The average Bonchev–Trinajstić information content (AvgIpc) is 2.59. The minimum Gasteiger partial charge on any atom is -0.396 e. The molecule has 6 nitrogen and oxygen atoms in total. The van der Waals surface area contributed by atoms with Crippen LogP contribution in [0.15, 0.2) is 12.4 Å². The molecule has 1 aliphatic rings. The van der Waals surface area contributed by atoms with E-state index in [0.717, 1.165) is 0 Å². The van der Waals surface area contributed by atoms with Gasteiger partial charge in [0.1, 0.15) is 6.54 Å². The summed E-state index contributed by atoms with van der Waals surface area (Å²) in [5.41, 5.74) is 5.35. The van der Waals surface area contributed by atoms with Gasteiger partial charge in [0, 0.05) is 6.20 Å². The highest BCUT2D eigenvalue weighted by molar-refractivity contribution is 5.77. The summed E-state index contributed by atoms with van der Waals surface area (Å²) in [6, 6.07) is 0. The first-order valence-corrected chi connectivity index (χ1v) is 5.30. The molecule has 1 aliphatic heterocycles. The van der Waals surface area contributed by atoms with E-state index in [4.69, 9.17) is 5.73 Å². The molecule has 1 fully saturated rings. The van der Waals surface area contributed by atoms with Crippen molar-refractivity contribution >= 4 is 11.6 Å². The highest BCUT2D eigenvalue weighted by Gasteiger charge is 2.41. The van der Waals surface area contributed by atoms with Gasteiger partial charge in [0.2, 0.25) is 5.91 Å². The van der Waals surface area contributed by atoms with E-state index in [-0.39, 0.29) is 12.5 Å². The van der Waals surface area contributed by atoms with Crippen LogP contribution in [0.5, 0.6) is 0 Å². The molecule has 0 saturated carbocycles. The third-order valence-electron chi connectivity index (χ3n) is 2.93. The fraction of sp³-hybridized carbons (Fsp3) is 0.600. The van der Waals surface area contributed by atoms with Crippen molar-refractivity contribution in [2.24, 2.45) is 0 Å². The molecule has 2 heterocycles. The molecule has 1 amide bonds. The Morgan fingerprint density at radius 2 is 2.38 bits per heavy atom. The summed E-state index contributed by atoms with van der Waals surface area (Å²) in [4.78, 5) is 13.3. The zero-order chi connectivity index (χ0) is 11.8. The maximum Gasteiger partial charge on any atom is 0.244 e. The summed E-state index contributed by atoms with van der Waals surface area (Å²) in [6.45, 7) is 2.92. The van der Waals surface area contributed by atoms with Gasteiger partial charge in [-0.3, -0.25) is 9.48 Å². The quantitative estimate of drug-likeness (QED) is 0.721. The SMILES string of the molecule is CCC1(O)CN(C(=O)Cn2cc(N)cn2)C1. The van der Waals surface area contributed by atoms with E-state index in [0.29, 0.717) is 25.2 Å². The molecule has 1 aromatic heterocycles. The van der Waals surface area contributed by atoms with Gasteiger partial charge in [-0.1, -0.05) is 6.92 Å². The summed E-state index contributed by atoms with van der Waals surface area (Å²) in [6.07, 6.45) is 3.79. The number of rotatable bonds is 3. The molecule has 0 atom stereocenters. The summed E-state index contributed by atoms with van der Waals surface area (Å²) in [7, 11) is 0. The minimum absolute atomic E-state index is 0.0405. The summed E-state index contributed by atoms with van der Waals surface area (Å²) in [5.74, 6) is -0.0405. The molecule has 0 unspecified atom stereocenters. The predicted molar refractivity (Wildman–Crippen MR) is 58.5 cm³/mol. The van der Waals surface area contributed by atoms with Crippen LogP contribution in [0.2, 0.25) is 0 Å². The summed E-state index contributed by atoms with van der Waals surface area (Å²) in [5, 5.41) is 13.7. The Morgan fingerprint density at radius 3 is 2.88 bits per heavy atom. The number of hydrogen-bond acceptors (Lipinski definition) is 4. The molecule has 1 aromatic rings. The third-order valence-corrected chi connectivity index (χ3v) is 2.93. The van der Waals surface area contributed by atoms with E-state index in [1.165, 1.54) is 10.9 Å². The van der Waals surface area contributed by atoms with Crippen LogP contribution in [0.25, 0.3) is 0 Å². The van der Waals surface area contributed by atoms with Crippen LogP contribution < -0.4 is 5.73 Å². The van der Waals surface area contributed by atoms with Crippen LogP contribution in [-0.2, 0) is 11.3 Å². The van der Waals surface area contributed by atoms with E-state index < -0.39 is 5.60 Å². The van der Waals surface area contributed by atoms with E-state index in [2.05, 4.69) is 5.10 Å². The largest absolute Gasteiger partial charge is 0.396 e. The van der Waals surface area contributed by atoms with Gasteiger partial charge in [0.05, 0.1) is 30.6 Å². The van der Waals surface area contributed by atoms with E-state index >= 15 is 0 Å². The minimum atomic E-state index is -0.682. The second-order valence-corrected chi connectivity index (χ2v) is 4.30. The predicted octanol–water partition coefficient (Wildman–Crippen LogP) is -0.551. The van der Waals surface area contributed by atoms with Crippen molar-refractivity contribution < 1.29 is 9.90 Å². The lowest BCUT2D eigenvalue weighted by atomic mass is 9.91. The van der Waals surface area contributed by atoms with Crippen molar-refractivity contribution in [3.8, 4) is 0 Å². The molecular formula is C10H16N4O2. The molecular weight excluding hydrogens is 208 g/mol. The Balaban J connectivity index is 1.87. The molecule has 3 N–H and O–H groups in total. The van der Waals surface area contributed by atoms with Crippen molar-refractivity contribution in [1.82, 2.24) is 14.7 Å². The highest BCUT2D eigenvalue weighted by Crippen LogP contribution is 2.24. The number of nitrogens with zero attached hydrogens (tertiary/aromatic N) is 3. The number of nitrogen functional groups attached to an aromatic ring is 1. The Morgan fingerprint density at radius 1 is 1.69 bits per heavy atom. The number of likely N-dealkylation sites (tertiary alicyclic amines) is 1. The maximum atomic E-state index is 11.7. The number of aliphatic hydroxyl groups is 1.